The molecule has 2 saturated heterocycles. The summed E-state index contributed by atoms with van der Waals surface area (Å²) in [5, 5.41) is 12.9. The van der Waals surface area contributed by atoms with Crippen LogP contribution in [0.4, 0.5) is 0 Å². The van der Waals surface area contributed by atoms with Gasteiger partial charge in [0, 0.05) is 0 Å². The first kappa shape index (κ1) is 7.53. The van der Waals surface area contributed by atoms with Crippen molar-refractivity contribution in [3.05, 3.63) is 0 Å². The molecule has 0 amide bonds. The summed E-state index contributed by atoms with van der Waals surface area (Å²) in [6, 6.07) is 0. The van der Waals surface area contributed by atoms with E-state index < -0.39 is 0 Å². The lowest BCUT2D eigenvalue weighted by Gasteiger charge is -2.35. The number of hydrogen-bond donors (Lipinski definition) is 2. The summed E-state index contributed by atoms with van der Waals surface area (Å²) in [7, 11) is 0. The topological polar surface area (TPSA) is 41.5 Å². The number of piperidine rings is 1. The summed E-state index contributed by atoms with van der Waals surface area (Å²) < 4.78 is 5.60. The predicted octanol–water partition coefficient (Wildman–Crippen LogP) is -0.110. The Morgan fingerprint density at radius 3 is 2.64 bits per heavy atom. The van der Waals surface area contributed by atoms with Crippen LogP contribution in [0.1, 0.15) is 19.3 Å². The smallest absolute Gasteiger partial charge is 0.0965 e. The van der Waals surface area contributed by atoms with Crippen LogP contribution in [0, 0.1) is 0 Å². The van der Waals surface area contributed by atoms with Crippen molar-refractivity contribution in [3.63, 3.8) is 0 Å². The molecule has 2 rings (SSSR count). The van der Waals surface area contributed by atoms with Crippen molar-refractivity contribution in [1.82, 2.24) is 5.32 Å². The number of rotatable bonds is 0. The molecule has 2 heterocycles. The molecule has 0 aromatic rings. The largest absolute Gasteiger partial charge is 0.390 e. The normalized spacial score (nSPS) is 36.3. The molecule has 0 aromatic carbocycles. The monoisotopic (exact) mass is 157 g/mol. The zero-order valence-corrected chi connectivity index (χ0v) is 6.68. The van der Waals surface area contributed by atoms with E-state index in [-0.39, 0.29) is 11.7 Å². The first-order valence-corrected chi connectivity index (χ1v) is 4.36. The molecule has 3 heteroatoms. The molecule has 2 aliphatic heterocycles. The van der Waals surface area contributed by atoms with Crippen LogP contribution in [-0.4, -0.2) is 36.5 Å². The molecule has 0 aliphatic carbocycles. The van der Waals surface area contributed by atoms with E-state index in [0.717, 1.165) is 39.0 Å². The highest BCUT2D eigenvalue weighted by molar-refractivity contribution is 4.95. The van der Waals surface area contributed by atoms with Crippen molar-refractivity contribution in [2.45, 2.75) is 31.0 Å². The van der Waals surface area contributed by atoms with Gasteiger partial charge >= 0.3 is 0 Å². The molecule has 2 aliphatic rings. The Morgan fingerprint density at radius 2 is 2.09 bits per heavy atom. The number of aliphatic hydroxyl groups excluding tert-OH is 1. The molecule has 3 nitrogen and oxygen atoms in total. The molecular formula is C8H15NO2. The summed E-state index contributed by atoms with van der Waals surface area (Å²) in [5.74, 6) is 0. The second-order valence-electron chi connectivity index (χ2n) is 3.47. The number of aliphatic hydroxyl groups is 1. The average Bonchev–Trinajstić information content (AvgIpc) is 2.36. The van der Waals surface area contributed by atoms with Crippen LogP contribution in [0.25, 0.3) is 0 Å². The first-order valence-electron chi connectivity index (χ1n) is 4.36. The van der Waals surface area contributed by atoms with Crippen molar-refractivity contribution in [2.75, 3.05) is 19.7 Å². The van der Waals surface area contributed by atoms with Gasteiger partial charge in [0.2, 0.25) is 0 Å². The minimum atomic E-state index is -0.218. The van der Waals surface area contributed by atoms with E-state index in [2.05, 4.69) is 5.32 Å². The Balaban J connectivity index is 2.06. The number of hydrogen-bond acceptors (Lipinski definition) is 3. The fraction of sp³-hybridized carbons (Fsp3) is 1.00. The molecule has 2 N–H and O–H groups in total. The summed E-state index contributed by atoms with van der Waals surface area (Å²) in [6.07, 6.45) is 2.53. The molecular weight excluding hydrogens is 142 g/mol. The third kappa shape index (κ3) is 1.17. The standard InChI is InChI=1S/C8H15NO2/c10-7-1-6-11-8(7)2-4-9-5-3-8/h7,9-10H,1-6H2. The molecule has 0 radical (unpaired) electrons. The van der Waals surface area contributed by atoms with Gasteiger partial charge in [0.1, 0.15) is 0 Å². The molecule has 11 heavy (non-hydrogen) atoms. The Hall–Kier alpha value is -0.120. The summed E-state index contributed by atoms with van der Waals surface area (Å²) in [6.45, 7) is 2.70. The average molecular weight is 157 g/mol. The predicted molar refractivity (Wildman–Crippen MR) is 41.4 cm³/mol. The molecule has 1 atom stereocenters. The summed E-state index contributed by atoms with van der Waals surface area (Å²) >= 11 is 0. The molecule has 0 bridgehead atoms. The van der Waals surface area contributed by atoms with Crippen molar-refractivity contribution in [2.24, 2.45) is 0 Å². The van der Waals surface area contributed by atoms with E-state index in [0.29, 0.717) is 0 Å². The summed E-state index contributed by atoms with van der Waals surface area (Å²) in [5.41, 5.74) is -0.175. The maximum Gasteiger partial charge on any atom is 0.0965 e. The quantitative estimate of drug-likeness (QED) is 0.515. The molecule has 1 spiro atoms. The van der Waals surface area contributed by atoms with Crippen LogP contribution in [-0.2, 0) is 4.74 Å². The van der Waals surface area contributed by atoms with Crippen LogP contribution in [0.15, 0.2) is 0 Å². The van der Waals surface area contributed by atoms with Gasteiger partial charge in [-0.05, 0) is 32.4 Å². The van der Waals surface area contributed by atoms with Crippen molar-refractivity contribution in [1.29, 1.82) is 0 Å². The Labute approximate surface area is 66.7 Å². The van der Waals surface area contributed by atoms with Gasteiger partial charge in [-0.25, -0.2) is 0 Å². The van der Waals surface area contributed by atoms with Gasteiger partial charge in [-0.3, -0.25) is 0 Å². The van der Waals surface area contributed by atoms with Crippen LogP contribution in [0.5, 0.6) is 0 Å². The third-order valence-electron chi connectivity index (χ3n) is 2.84. The van der Waals surface area contributed by atoms with Crippen molar-refractivity contribution < 1.29 is 9.84 Å². The molecule has 2 fully saturated rings. The zero-order chi connectivity index (χ0) is 7.73. The van der Waals surface area contributed by atoms with E-state index in [4.69, 9.17) is 4.74 Å². The van der Waals surface area contributed by atoms with E-state index in [1.807, 2.05) is 0 Å². The van der Waals surface area contributed by atoms with Gasteiger partial charge in [0.05, 0.1) is 18.3 Å². The summed E-state index contributed by atoms with van der Waals surface area (Å²) in [4.78, 5) is 0. The van der Waals surface area contributed by atoms with Gasteiger partial charge in [-0.15, -0.1) is 0 Å². The molecule has 1 unspecified atom stereocenters. The van der Waals surface area contributed by atoms with Crippen LogP contribution < -0.4 is 5.32 Å². The van der Waals surface area contributed by atoms with Crippen LogP contribution >= 0.6 is 0 Å². The lowest BCUT2D eigenvalue weighted by Crippen LogP contribution is -2.48. The molecule has 0 saturated carbocycles. The van der Waals surface area contributed by atoms with Gasteiger partial charge in [-0.2, -0.15) is 0 Å². The number of ether oxygens (including phenoxy) is 1. The van der Waals surface area contributed by atoms with Gasteiger partial charge in [0.15, 0.2) is 0 Å². The number of nitrogens with one attached hydrogen (secondary N) is 1. The van der Waals surface area contributed by atoms with Gasteiger partial charge in [0.25, 0.3) is 0 Å². The molecule has 0 aromatic heterocycles. The minimum absolute atomic E-state index is 0.175. The van der Waals surface area contributed by atoms with E-state index in [1.54, 1.807) is 0 Å². The van der Waals surface area contributed by atoms with Crippen LogP contribution in [0.3, 0.4) is 0 Å². The van der Waals surface area contributed by atoms with E-state index >= 15 is 0 Å². The van der Waals surface area contributed by atoms with E-state index in [9.17, 15) is 5.11 Å². The van der Waals surface area contributed by atoms with Gasteiger partial charge in [-0.1, -0.05) is 0 Å². The van der Waals surface area contributed by atoms with Crippen LogP contribution in [0.2, 0.25) is 0 Å². The minimum Gasteiger partial charge on any atom is -0.390 e. The van der Waals surface area contributed by atoms with Gasteiger partial charge < -0.3 is 15.2 Å². The second kappa shape index (κ2) is 2.73. The Bertz CT molecular complexity index is 143. The van der Waals surface area contributed by atoms with E-state index in [1.165, 1.54) is 0 Å². The highest BCUT2D eigenvalue weighted by atomic mass is 16.5. The SMILES string of the molecule is OC1CCOC12CCNCC2. The lowest BCUT2D eigenvalue weighted by atomic mass is 9.87. The highest BCUT2D eigenvalue weighted by Crippen LogP contribution is 2.33. The maximum absolute atomic E-state index is 9.65. The highest BCUT2D eigenvalue weighted by Gasteiger charge is 2.43. The fourth-order valence-electron chi connectivity index (χ4n) is 2.06. The second-order valence-corrected chi connectivity index (χ2v) is 3.47. The van der Waals surface area contributed by atoms with Crippen molar-refractivity contribution >= 4 is 0 Å². The Kier molecular flexibility index (Phi) is 1.87. The van der Waals surface area contributed by atoms with Crippen molar-refractivity contribution in [3.8, 4) is 0 Å². The first-order chi connectivity index (χ1) is 5.33. The fourth-order valence-corrected chi connectivity index (χ4v) is 2.06. The molecule has 64 valence electrons. The Morgan fingerprint density at radius 1 is 1.36 bits per heavy atom. The maximum atomic E-state index is 9.65. The lowest BCUT2D eigenvalue weighted by molar-refractivity contribution is -0.0764. The third-order valence-corrected chi connectivity index (χ3v) is 2.84. The zero-order valence-electron chi connectivity index (χ0n) is 6.68.